The Morgan fingerprint density at radius 1 is 0.950 bits per heavy atom. The van der Waals surface area contributed by atoms with Gasteiger partial charge in [-0.1, -0.05) is 30.0 Å². The fourth-order valence-corrected chi connectivity index (χ4v) is 1.87. The van der Waals surface area contributed by atoms with Gasteiger partial charge >= 0.3 is 5.63 Å². The molecule has 0 aliphatic carbocycles. The van der Waals surface area contributed by atoms with E-state index in [1.54, 1.807) is 12.1 Å². The van der Waals surface area contributed by atoms with Crippen molar-refractivity contribution in [1.82, 2.24) is 0 Å². The molecule has 1 aromatic heterocycles. The lowest BCUT2D eigenvalue weighted by Gasteiger charge is -2.00. The molecule has 0 bridgehead atoms. The summed E-state index contributed by atoms with van der Waals surface area (Å²) in [6, 6.07) is 15.6. The predicted molar refractivity (Wildman–Crippen MR) is 76.6 cm³/mol. The molecule has 0 aliphatic rings. The summed E-state index contributed by atoms with van der Waals surface area (Å²) in [5.74, 6) is 5.89. The molecule has 3 heteroatoms. The van der Waals surface area contributed by atoms with Gasteiger partial charge in [0.25, 0.3) is 0 Å². The molecular formula is C17H10O3. The highest BCUT2D eigenvalue weighted by Gasteiger charge is 2.04. The Balaban J connectivity index is 2.09. The first-order valence-electron chi connectivity index (χ1n) is 6.06. The highest BCUT2D eigenvalue weighted by atomic mass is 16.4. The van der Waals surface area contributed by atoms with Gasteiger partial charge in [0, 0.05) is 23.1 Å². The molecule has 1 N–H and O–H groups in total. The molecular weight excluding hydrogens is 252 g/mol. The van der Waals surface area contributed by atoms with Crippen molar-refractivity contribution in [2.24, 2.45) is 0 Å². The maximum atomic E-state index is 11.1. The third-order valence-corrected chi connectivity index (χ3v) is 2.85. The van der Waals surface area contributed by atoms with Crippen LogP contribution in [0.5, 0.6) is 5.75 Å². The number of benzene rings is 2. The van der Waals surface area contributed by atoms with E-state index in [4.69, 9.17) is 4.42 Å². The number of phenols is 1. The average Bonchev–Trinajstić information content (AvgIpc) is 2.46. The number of hydrogen-bond donors (Lipinski definition) is 1. The van der Waals surface area contributed by atoms with Crippen LogP contribution in [0.2, 0.25) is 0 Å². The van der Waals surface area contributed by atoms with Gasteiger partial charge in [-0.15, -0.1) is 0 Å². The number of aromatic hydroxyl groups is 1. The minimum absolute atomic E-state index is 0.00437. The van der Waals surface area contributed by atoms with E-state index in [9.17, 15) is 9.90 Å². The number of rotatable bonds is 0. The molecule has 1 heterocycles. The van der Waals surface area contributed by atoms with Crippen molar-refractivity contribution in [2.75, 3.05) is 0 Å². The average molecular weight is 262 g/mol. The lowest BCUT2D eigenvalue weighted by molar-refractivity contribution is 0.471. The van der Waals surface area contributed by atoms with Crippen LogP contribution in [0.25, 0.3) is 11.0 Å². The minimum Gasteiger partial charge on any atom is -0.507 e. The Labute approximate surface area is 115 Å². The molecule has 3 rings (SSSR count). The summed E-state index contributed by atoms with van der Waals surface area (Å²) < 4.78 is 5.00. The molecule has 0 aliphatic heterocycles. The number of hydrogen-bond acceptors (Lipinski definition) is 3. The third-order valence-electron chi connectivity index (χ3n) is 2.85. The summed E-state index contributed by atoms with van der Waals surface area (Å²) in [5.41, 5.74) is 1.27. The zero-order valence-corrected chi connectivity index (χ0v) is 10.5. The van der Waals surface area contributed by atoms with Crippen LogP contribution in [0, 0.1) is 11.8 Å². The van der Waals surface area contributed by atoms with Gasteiger partial charge in [0.05, 0.1) is 5.56 Å². The lowest BCUT2D eigenvalue weighted by atomic mass is 10.1. The molecule has 2 aromatic carbocycles. The normalized spacial score (nSPS) is 10.0. The van der Waals surface area contributed by atoms with E-state index in [1.165, 1.54) is 12.1 Å². The van der Waals surface area contributed by atoms with Crippen molar-refractivity contribution in [3.8, 4) is 17.6 Å². The van der Waals surface area contributed by atoms with Crippen LogP contribution in [0.1, 0.15) is 11.1 Å². The standard InChI is InChI=1S/C17H10O3/c18-15-11-16-14(8-9-17(19)20-16)10-13(15)7-6-12-4-2-1-3-5-12/h1-5,8-11,18H. The molecule has 0 saturated carbocycles. The van der Waals surface area contributed by atoms with E-state index in [0.717, 1.165) is 10.9 Å². The van der Waals surface area contributed by atoms with Crippen LogP contribution in [0.15, 0.2) is 63.8 Å². The largest absolute Gasteiger partial charge is 0.507 e. The number of fused-ring (bicyclic) bond motifs is 1. The van der Waals surface area contributed by atoms with Gasteiger partial charge in [0.2, 0.25) is 0 Å². The Morgan fingerprint density at radius 2 is 1.75 bits per heavy atom. The van der Waals surface area contributed by atoms with Crippen LogP contribution in [0.4, 0.5) is 0 Å². The highest BCUT2D eigenvalue weighted by molar-refractivity contribution is 5.80. The van der Waals surface area contributed by atoms with Gasteiger partial charge in [0.15, 0.2) is 0 Å². The topological polar surface area (TPSA) is 50.4 Å². The summed E-state index contributed by atoms with van der Waals surface area (Å²) in [6.07, 6.45) is 0. The van der Waals surface area contributed by atoms with Crippen molar-refractivity contribution in [2.45, 2.75) is 0 Å². The van der Waals surface area contributed by atoms with Gasteiger partial charge in [-0.25, -0.2) is 4.79 Å². The van der Waals surface area contributed by atoms with Crippen molar-refractivity contribution in [1.29, 1.82) is 0 Å². The Bertz CT molecular complexity index is 881. The molecule has 20 heavy (non-hydrogen) atoms. The maximum absolute atomic E-state index is 11.1. The van der Waals surface area contributed by atoms with Gasteiger partial charge in [0.1, 0.15) is 11.3 Å². The zero-order chi connectivity index (χ0) is 13.9. The summed E-state index contributed by atoms with van der Waals surface area (Å²) >= 11 is 0. The third kappa shape index (κ3) is 2.40. The van der Waals surface area contributed by atoms with E-state index in [2.05, 4.69) is 11.8 Å². The molecule has 96 valence electrons. The molecule has 3 nitrogen and oxygen atoms in total. The molecule has 0 radical (unpaired) electrons. The van der Waals surface area contributed by atoms with Crippen LogP contribution < -0.4 is 5.63 Å². The Morgan fingerprint density at radius 3 is 2.55 bits per heavy atom. The summed E-state index contributed by atoms with van der Waals surface area (Å²) in [7, 11) is 0. The second-order valence-electron chi connectivity index (χ2n) is 4.28. The van der Waals surface area contributed by atoms with Gasteiger partial charge in [-0.05, 0) is 24.3 Å². The van der Waals surface area contributed by atoms with Crippen molar-refractivity contribution in [3.05, 3.63) is 76.1 Å². The summed E-state index contributed by atoms with van der Waals surface area (Å²) in [6.45, 7) is 0. The van der Waals surface area contributed by atoms with Crippen molar-refractivity contribution < 1.29 is 9.52 Å². The fraction of sp³-hybridized carbons (Fsp3) is 0. The van der Waals surface area contributed by atoms with Crippen LogP contribution in [0.3, 0.4) is 0 Å². The SMILES string of the molecule is O=c1ccc2cc(C#Cc3ccccc3)c(O)cc2o1. The fourth-order valence-electron chi connectivity index (χ4n) is 1.87. The van der Waals surface area contributed by atoms with E-state index >= 15 is 0 Å². The van der Waals surface area contributed by atoms with E-state index in [1.807, 2.05) is 30.3 Å². The van der Waals surface area contributed by atoms with Gasteiger partial charge in [-0.2, -0.15) is 0 Å². The van der Waals surface area contributed by atoms with Gasteiger partial charge in [-0.3, -0.25) is 0 Å². The van der Waals surface area contributed by atoms with Crippen LogP contribution >= 0.6 is 0 Å². The quantitative estimate of drug-likeness (QED) is 0.500. The van der Waals surface area contributed by atoms with Crippen molar-refractivity contribution in [3.63, 3.8) is 0 Å². The molecule has 3 aromatic rings. The molecule has 0 amide bonds. The number of phenolic OH excluding ortho intramolecular Hbond substituents is 1. The second kappa shape index (κ2) is 4.94. The lowest BCUT2D eigenvalue weighted by Crippen LogP contribution is -1.94. The first kappa shape index (κ1) is 12.1. The molecule has 0 spiro atoms. The smallest absolute Gasteiger partial charge is 0.336 e. The molecule has 0 saturated heterocycles. The first-order valence-corrected chi connectivity index (χ1v) is 6.06. The van der Waals surface area contributed by atoms with E-state index in [-0.39, 0.29) is 5.75 Å². The van der Waals surface area contributed by atoms with E-state index in [0.29, 0.717) is 11.1 Å². The highest BCUT2D eigenvalue weighted by Crippen LogP contribution is 2.23. The predicted octanol–water partition coefficient (Wildman–Crippen LogP) is 2.90. The first-order chi connectivity index (χ1) is 9.72. The summed E-state index contributed by atoms with van der Waals surface area (Å²) in [5, 5.41) is 10.6. The molecule has 0 atom stereocenters. The Kier molecular flexibility index (Phi) is 2.98. The molecule has 0 unspecified atom stereocenters. The van der Waals surface area contributed by atoms with Crippen molar-refractivity contribution >= 4 is 11.0 Å². The zero-order valence-electron chi connectivity index (χ0n) is 10.5. The molecule has 0 fully saturated rings. The minimum atomic E-state index is -0.444. The maximum Gasteiger partial charge on any atom is 0.336 e. The van der Waals surface area contributed by atoms with Crippen LogP contribution in [-0.2, 0) is 0 Å². The van der Waals surface area contributed by atoms with E-state index < -0.39 is 5.63 Å². The summed E-state index contributed by atoms with van der Waals surface area (Å²) in [4.78, 5) is 11.1. The van der Waals surface area contributed by atoms with Gasteiger partial charge < -0.3 is 9.52 Å². The van der Waals surface area contributed by atoms with Crippen LogP contribution in [-0.4, -0.2) is 5.11 Å². The monoisotopic (exact) mass is 262 g/mol. The Hall–Kier alpha value is -2.99. The second-order valence-corrected chi connectivity index (χ2v) is 4.28.